The lowest BCUT2D eigenvalue weighted by Gasteiger charge is -2.18. The van der Waals surface area contributed by atoms with E-state index in [1.807, 2.05) is 0 Å². The first-order valence-corrected chi connectivity index (χ1v) is 30.8. The monoisotopic (exact) mass is 1050 g/mol. The molecular weight excluding hydrogens is 937 g/mol. The van der Waals surface area contributed by atoms with Gasteiger partial charge in [-0.2, -0.15) is 0 Å². The van der Waals surface area contributed by atoms with E-state index in [0.717, 1.165) is 128 Å². The first-order chi connectivity index (χ1) is 37.5. The summed E-state index contributed by atoms with van der Waals surface area (Å²) in [5.41, 5.74) is 0. The molecule has 0 aliphatic heterocycles. The number of unbranched alkanes of at least 4 members (excludes halogenated alkanes) is 19. The van der Waals surface area contributed by atoms with Gasteiger partial charge in [0, 0.05) is 19.3 Å². The van der Waals surface area contributed by atoms with Gasteiger partial charge in [0.1, 0.15) is 13.2 Å². The quantitative estimate of drug-likeness (QED) is 0.0261. The zero-order valence-corrected chi connectivity index (χ0v) is 49.0. The SMILES string of the molecule is CC/C=C\C/C=C\C/C=C\C/C=C\C/C=C\C/C=C\C/C=C\C/C=C\CCCCC(=O)OCC(COC(=O)CCCCCCCC)OC(=O)CCCCCCCCCCCCCC/C=C\C/C=C\C/C=C\C/C=C\CC. The minimum Gasteiger partial charge on any atom is -0.462 e. The lowest BCUT2D eigenvalue weighted by Crippen LogP contribution is -2.30. The second kappa shape index (κ2) is 62.8. The molecule has 0 aliphatic rings. The highest BCUT2D eigenvalue weighted by atomic mass is 16.6. The van der Waals surface area contributed by atoms with Crippen molar-refractivity contribution < 1.29 is 28.6 Å². The molecule has 76 heavy (non-hydrogen) atoms. The predicted octanol–water partition coefficient (Wildman–Crippen LogP) is 21.2. The second-order valence-corrected chi connectivity index (χ2v) is 19.9. The van der Waals surface area contributed by atoms with E-state index in [1.54, 1.807) is 0 Å². The largest absolute Gasteiger partial charge is 0.462 e. The lowest BCUT2D eigenvalue weighted by atomic mass is 10.0. The molecule has 0 aromatic rings. The molecule has 0 amide bonds. The first kappa shape index (κ1) is 71.3. The first-order valence-electron chi connectivity index (χ1n) is 30.8. The van der Waals surface area contributed by atoms with Crippen LogP contribution in [0, 0.1) is 0 Å². The van der Waals surface area contributed by atoms with Gasteiger partial charge in [-0.25, -0.2) is 0 Å². The van der Waals surface area contributed by atoms with Gasteiger partial charge in [-0.15, -0.1) is 0 Å². The zero-order valence-electron chi connectivity index (χ0n) is 49.0. The summed E-state index contributed by atoms with van der Waals surface area (Å²) in [5.74, 6) is -0.958. The third-order valence-electron chi connectivity index (χ3n) is 12.6. The highest BCUT2D eigenvalue weighted by Gasteiger charge is 2.19. The van der Waals surface area contributed by atoms with Crippen LogP contribution in [0.2, 0.25) is 0 Å². The Kier molecular flexibility index (Phi) is 58.9. The summed E-state index contributed by atoms with van der Waals surface area (Å²) in [4.78, 5) is 38.0. The van der Waals surface area contributed by atoms with Crippen LogP contribution in [0.25, 0.3) is 0 Å². The maximum absolute atomic E-state index is 12.8. The average Bonchev–Trinajstić information content (AvgIpc) is 3.42. The number of esters is 3. The molecule has 0 radical (unpaired) electrons. The van der Waals surface area contributed by atoms with E-state index in [9.17, 15) is 14.4 Å². The molecule has 0 saturated heterocycles. The van der Waals surface area contributed by atoms with Crippen LogP contribution < -0.4 is 0 Å². The summed E-state index contributed by atoms with van der Waals surface area (Å²) < 4.78 is 16.7. The topological polar surface area (TPSA) is 78.9 Å². The molecule has 1 unspecified atom stereocenters. The van der Waals surface area contributed by atoms with E-state index < -0.39 is 6.10 Å². The summed E-state index contributed by atoms with van der Waals surface area (Å²) in [6.07, 6.45) is 90.3. The number of hydrogen-bond donors (Lipinski definition) is 0. The highest BCUT2D eigenvalue weighted by molar-refractivity contribution is 5.71. The number of allylic oxidation sites excluding steroid dienone is 24. The van der Waals surface area contributed by atoms with Crippen LogP contribution in [0.5, 0.6) is 0 Å². The van der Waals surface area contributed by atoms with Gasteiger partial charge < -0.3 is 14.2 Å². The minimum absolute atomic E-state index is 0.0969. The van der Waals surface area contributed by atoms with Gasteiger partial charge in [0.2, 0.25) is 0 Å². The van der Waals surface area contributed by atoms with Gasteiger partial charge in [-0.3, -0.25) is 14.4 Å². The molecule has 0 rings (SSSR count). The van der Waals surface area contributed by atoms with Crippen molar-refractivity contribution in [2.75, 3.05) is 13.2 Å². The fourth-order valence-corrected chi connectivity index (χ4v) is 8.04. The summed E-state index contributed by atoms with van der Waals surface area (Å²) in [6, 6.07) is 0. The van der Waals surface area contributed by atoms with Crippen molar-refractivity contribution in [1.82, 2.24) is 0 Å². The van der Waals surface area contributed by atoms with Crippen molar-refractivity contribution in [2.45, 2.75) is 264 Å². The highest BCUT2D eigenvalue weighted by Crippen LogP contribution is 2.15. The van der Waals surface area contributed by atoms with Crippen molar-refractivity contribution in [2.24, 2.45) is 0 Å². The van der Waals surface area contributed by atoms with Crippen LogP contribution in [-0.2, 0) is 28.6 Å². The van der Waals surface area contributed by atoms with E-state index in [2.05, 4.69) is 167 Å². The van der Waals surface area contributed by atoms with E-state index in [1.165, 1.54) is 83.5 Å². The van der Waals surface area contributed by atoms with Crippen molar-refractivity contribution in [1.29, 1.82) is 0 Å². The predicted molar refractivity (Wildman–Crippen MR) is 329 cm³/mol. The summed E-state index contributed by atoms with van der Waals surface area (Å²) >= 11 is 0. The summed E-state index contributed by atoms with van der Waals surface area (Å²) in [6.45, 7) is 6.31. The third-order valence-corrected chi connectivity index (χ3v) is 12.6. The van der Waals surface area contributed by atoms with Crippen molar-refractivity contribution in [3.63, 3.8) is 0 Å². The Morgan fingerprint density at radius 1 is 0.276 bits per heavy atom. The zero-order chi connectivity index (χ0) is 55.0. The normalized spacial score (nSPS) is 13.1. The molecule has 0 aliphatic carbocycles. The fourth-order valence-electron chi connectivity index (χ4n) is 8.04. The minimum atomic E-state index is -0.800. The van der Waals surface area contributed by atoms with Gasteiger partial charge in [-0.1, -0.05) is 263 Å². The van der Waals surface area contributed by atoms with Crippen LogP contribution in [0.4, 0.5) is 0 Å². The maximum atomic E-state index is 12.8. The Labute approximate surface area is 467 Å². The number of rotatable bonds is 54. The number of hydrogen-bond acceptors (Lipinski definition) is 6. The lowest BCUT2D eigenvalue weighted by molar-refractivity contribution is -0.167. The van der Waals surface area contributed by atoms with Crippen LogP contribution in [0.15, 0.2) is 146 Å². The van der Waals surface area contributed by atoms with Gasteiger partial charge in [0.15, 0.2) is 6.10 Å². The molecule has 0 N–H and O–H groups in total. The summed E-state index contributed by atoms with van der Waals surface area (Å²) in [5, 5.41) is 0. The Hall–Kier alpha value is -4.71. The smallest absolute Gasteiger partial charge is 0.306 e. The second-order valence-electron chi connectivity index (χ2n) is 19.9. The number of carbonyl (C=O) groups excluding carboxylic acids is 3. The van der Waals surface area contributed by atoms with Crippen LogP contribution in [0.3, 0.4) is 0 Å². The molecule has 0 bridgehead atoms. The van der Waals surface area contributed by atoms with Crippen LogP contribution in [0.1, 0.15) is 258 Å². The van der Waals surface area contributed by atoms with Gasteiger partial charge >= 0.3 is 17.9 Å². The van der Waals surface area contributed by atoms with Crippen molar-refractivity contribution >= 4 is 17.9 Å². The molecule has 428 valence electrons. The molecule has 0 spiro atoms. The molecule has 0 heterocycles. The molecule has 0 aromatic heterocycles. The van der Waals surface area contributed by atoms with Crippen molar-refractivity contribution in [3.05, 3.63) is 146 Å². The fraction of sp³-hybridized carbons (Fsp3) is 0.614. The van der Waals surface area contributed by atoms with Crippen molar-refractivity contribution in [3.8, 4) is 0 Å². The molecule has 0 aromatic carbocycles. The molecule has 1 atom stereocenters. The third kappa shape index (κ3) is 60.2. The molecular formula is C70H112O6. The van der Waals surface area contributed by atoms with Gasteiger partial charge in [-0.05, 0) is 122 Å². The molecule has 6 heteroatoms. The average molecular weight is 1050 g/mol. The molecule has 0 saturated carbocycles. The van der Waals surface area contributed by atoms with E-state index in [0.29, 0.717) is 25.7 Å². The van der Waals surface area contributed by atoms with Crippen LogP contribution in [-0.4, -0.2) is 37.2 Å². The number of ether oxygens (including phenoxy) is 3. The van der Waals surface area contributed by atoms with Gasteiger partial charge in [0.25, 0.3) is 0 Å². The van der Waals surface area contributed by atoms with Crippen LogP contribution >= 0.6 is 0 Å². The Morgan fingerprint density at radius 3 is 0.829 bits per heavy atom. The molecule has 0 fully saturated rings. The van der Waals surface area contributed by atoms with E-state index in [4.69, 9.17) is 14.2 Å². The van der Waals surface area contributed by atoms with E-state index in [-0.39, 0.29) is 31.1 Å². The van der Waals surface area contributed by atoms with Gasteiger partial charge in [0.05, 0.1) is 0 Å². The number of carbonyl (C=O) groups is 3. The molecule has 6 nitrogen and oxygen atoms in total. The Balaban J connectivity index is 4.23. The standard InChI is InChI=1S/C70H112O6/c1-4-7-10-13-16-18-20-22-24-26-28-30-32-34-35-37-38-40-42-44-46-48-50-52-54-57-60-63-69(72)75-66-67(65-74-68(71)62-59-56-15-12-9-6-3)76-70(73)64-61-58-55-53-51-49-47-45-43-41-39-36-33-31-29-27-25-23-21-19-17-14-11-8-5-2/h7-8,10-11,16-19,22-25,28-31,34-35,38,40,44,46,50,52,67H,4-6,9,12-15,20-21,26-27,32-33,36-37,39,41-43,45,47-49,51,53-66H2,1-3H3/b10-7-,11-8-,18-16-,19-17-,24-22-,25-23-,30-28-,31-29-,35-34-,40-38-,46-44-,52-50-. The summed E-state index contributed by atoms with van der Waals surface area (Å²) in [7, 11) is 0. The van der Waals surface area contributed by atoms with E-state index >= 15 is 0 Å². The Bertz CT molecular complexity index is 1680. The maximum Gasteiger partial charge on any atom is 0.306 e. The Morgan fingerprint density at radius 2 is 0.513 bits per heavy atom.